The minimum absolute atomic E-state index is 0.260. The number of aryl methyl sites for hydroxylation is 2. The number of hydrogen-bond donors (Lipinski definition) is 1. The van der Waals surface area contributed by atoms with E-state index in [2.05, 4.69) is 10.4 Å². The summed E-state index contributed by atoms with van der Waals surface area (Å²) >= 11 is 6.40. The van der Waals surface area contributed by atoms with Crippen molar-refractivity contribution in [2.75, 3.05) is 5.32 Å². The molecule has 0 atom stereocenters. The van der Waals surface area contributed by atoms with E-state index < -0.39 is 0 Å². The number of anilines is 1. The number of para-hydroxylation sites is 1. The summed E-state index contributed by atoms with van der Waals surface area (Å²) in [6.45, 7) is 3.72. The van der Waals surface area contributed by atoms with Crippen LogP contribution in [0.4, 0.5) is 10.1 Å². The Balaban J connectivity index is 1.81. The van der Waals surface area contributed by atoms with Crippen molar-refractivity contribution in [1.82, 2.24) is 9.78 Å². The Kier molecular flexibility index (Phi) is 5.19. The molecule has 3 rings (SSSR count). The maximum atomic E-state index is 13.1. The average molecular weight is 370 g/mol. The fourth-order valence-corrected chi connectivity index (χ4v) is 2.84. The molecule has 0 bridgehead atoms. The molecule has 0 saturated heterocycles. The molecule has 0 aliphatic heterocycles. The lowest BCUT2D eigenvalue weighted by Crippen LogP contribution is -2.08. The minimum Gasteiger partial charge on any atom is -0.322 e. The second-order valence-electron chi connectivity index (χ2n) is 5.82. The molecule has 0 aliphatic carbocycles. The molecule has 3 aromatic rings. The molecule has 1 N–H and O–H groups in total. The van der Waals surface area contributed by atoms with Gasteiger partial charge in [0.2, 0.25) is 5.91 Å². The van der Waals surface area contributed by atoms with Crippen molar-refractivity contribution in [2.45, 2.75) is 13.8 Å². The molecule has 0 fully saturated rings. The van der Waals surface area contributed by atoms with Gasteiger partial charge in [-0.15, -0.1) is 0 Å². The van der Waals surface area contributed by atoms with E-state index in [0.29, 0.717) is 22.1 Å². The Morgan fingerprint density at radius 2 is 1.85 bits per heavy atom. The summed E-state index contributed by atoms with van der Waals surface area (Å²) in [7, 11) is 0. The van der Waals surface area contributed by atoms with Gasteiger partial charge in [0, 0.05) is 17.3 Å². The van der Waals surface area contributed by atoms with E-state index in [0.717, 1.165) is 11.3 Å². The van der Waals surface area contributed by atoms with Crippen LogP contribution in [0.2, 0.25) is 5.15 Å². The van der Waals surface area contributed by atoms with Gasteiger partial charge in [-0.2, -0.15) is 5.10 Å². The van der Waals surface area contributed by atoms with Gasteiger partial charge in [-0.1, -0.05) is 29.8 Å². The topological polar surface area (TPSA) is 46.9 Å². The third kappa shape index (κ3) is 3.83. The first-order valence-corrected chi connectivity index (χ1v) is 8.39. The van der Waals surface area contributed by atoms with E-state index in [4.69, 9.17) is 11.6 Å². The number of amides is 1. The molecule has 0 unspecified atom stereocenters. The van der Waals surface area contributed by atoms with Crippen LogP contribution in [0.1, 0.15) is 16.8 Å². The van der Waals surface area contributed by atoms with Crippen LogP contribution in [0.5, 0.6) is 0 Å². The largest absolute Gasteiger partial charge is 0.322 e. The molecule has 1 heterocycles. The van der Waals surface area contributed by atoms with Crippen LogP contribution in [0.15, 0.2) is 54.6 Å². The lowest BCUT2D eigenvalue weighted by molar-refractivity contribution is -0.111. The van der Waals surface area contributed by atoms with Gasteiger partial charge in [0.1, 0.15) is 11.0 Å². The molecule has 26 heavy (non-hydrogen) atoms. The molecule has 132 valence electrons. The zero-order valence-corrected chi connectivity index (χ0v) is 15.1. The van der Waals surface area contributed by atoms with Crippen LogP contribution in [0, 0.1) is 19.7 Å². The maximum Gasteiger partial charge on any atom is 0.248 e. The van der Waals surface area contributed by atoms with Crippen molar-refractivity contribution in [3.8, 4) is 5.69 Å². The zero-order chi connectivity index (χ0) is 18.7. The molecule has 0 radical (unpaired) electrons. The number of hydrogen-bond acceptors (Lipinski definition) is 2. The van der Waals surface area contributed by atoms with Gasteiger partial charge in [-0.05, 0) is 55.8 Å². The van der Waals surface area contributed by atoms with Gasteiger partial charge in [0.25, 0.3) is 0 Å². The van der Waals surface area contributed by atoms with Crippen molar-refractivity contribution in [3.05, 3.63) is 82.4 Å². The smallest absolute Gasteiger partial charge is 0.248 e. The monoisotopic (exact) mass is 369 g/mol. The quantitative estimate of drug-likeness (QED) is 0.662. The Hall–Kier alpha value is -2.92. The summed E-state index contributed by atoms with van der Waals surface area (Å²) in [4.78, 5) is 12.2. The van der Waals surface area contributed by atoms with E-state index in [1.54, 1.807) is 25.1 Å². The molecule has 1 amide bonds. The second kappa shape index (κ2) is 7.54. The highest BCUT2D eigenvalue weighted by atomic mass is 35.5. The molecule has 0 spiro atoms. The van der Waals surface area contributed by atoms with E-state index >= 15 is 0 Å². The normalized spacial score (nSPS) is 11.1. The van der Waals surface area contributed by atoms with Gasteiger partial charge in [0.05, 0.1) is 11.4 Å². The summed E-state index contributed by atoms with van der Waals surface area (Å²) < 4.78 is 14.6. The Morgan fingerprint density at radius 3 is 2.54 bits per heavy atom. The van der Waals surface area contributed by atoms with E-state index in [1.165, 1.54) is 22.9 Å². The summed E-state index contributed by atoms with van der Waals surface area (Å²) in [6.07, 6.45) is 3.04. The summed E-state index contributed by atoms with van der Waals surface area (Å²) in [5, 5.41) is 7.55. The van der Waals surface area contributed by atoms with E-state index in [1.807, 2.05) is 31.2 Å². The highest BCUT2D eigenvalue weighted by Crippen LogP contribution is 2.25. The van der Waals surface area contributed by atoms with E-state index in [-0.39, 0.29) is 11.7 Å². The molecule has 4 nitrogen and oxygen atoms in total. The van der Waals surface area contributed by atoms with Crippen LogP contribution in [0.25, 0.3) is 11.8 Å². The lowest BCUT2D eigenvalue weighted by atomic mass is 10.2. The highest BCUT2D eigenvalue weighted by molar-refractivity contribution is 6.31. The zero-order valence-electron chi connectivity index (χ0n) is 14.3. The maximum absolute atomic E-state index is 13.1. The molecule has 0 aliphatic rings. The standard InChI is InChI=1S/C20H17ClFN3O/c1-13-5-3-4-6-18(13)23-19(26)12-11-17-14(2)24-25(20(17)21)16-9-7-15(22)8-10-16/h3-12H,1-2H3,(H,23,26). The van der Waals surface area contributed by atoms with Crippen LogP contribution in [-0.2, 0) is 4.79 Å². The predicted molar refractivity (Wildman–Crippen MR) is 102 cm³/mol. The number of nitrogens with one attached hydrogen (secondary N) is 1. The average Bonchev–Trinajstić information content (AvgIpc) is 2.90. The molecule has 0 saturated carbocycles. The summed E-state index contributed by atoms with van der Waals surface area (Å²) in [6, 6.07) is 13.4. The van der Waals surface area contributed by atoms with Crippen LogP contribution < -0.4 is 5.32 Å². The van der Waals surface area contributed by atoms with Crippen molar-refractivity contribution in [3.63, 3.8) is 0 Å². The fraction of sp³-hybridized carbons (Fsp3) is 0.100. The Labute approximate surface area is 155 Å². The number of nitrogens with zero attached hydrogens (tertiary/aromatic N) is 2. The van der Waals surface area contributed by atoms with Crippen LogP contribution in [0.3, 0.4) is 0 Å². The molecule has 6 heteroatoms. The molecule has 2 aromatic carbocycles. The van der Waals surface area contributed by atoms with Gasteiger partial charge in [-0.25, -0.2) is 9.07 Å². The van der Waals surface area contributed by atoms with Crippen molar-refractivity contribution in [2.24, 2.45) is 0 Å². The molecular weight excluding hydrogens is 353 g/mol. The molecule has 1 aromatic heterocycles. The third-order valence-corrected chi connectivity index (χ3v) is 4.29. The fourth-order valence-electron chi connectivity index (χ4n) is 2.50. The van der Waals surface area contributed by atoms with Crippen LogP contribution in [-0.4, -0.2) is 15.7 Å². The summed E-state index contributed by atoms with van der Waals surface area (Å²) in [5.41, 5.74) is 3.68. The Bertz CT molecular complexity index is 977. The highest BCUT2D eigenvalue weighted by Gasteiger charge is 2.13. The van der Waals surface area contributed by atoms with Gasteiger partial charge in [-0.3, -0.25) is 4.79 Å². The number of halogens is 2. The number of carbonyl (C=O) groups is 1. The van der Waals surface area contributed by atoms with Crippen LogP contribution >= 0.6 is 11.6 Å². The minimum atomic E-state index is -0.332. The number of aromatic nitrogens is 2. The van der Waals surface area contributed by atoms with Gasteiger partial charge < -0.3 is 5.32 Å². The first-order chi connectivity index (χ1) is 12.5. The third-order valence-electron chi connectivity index (χ3n) is 3.92. The predicted octanol–water partition coefficient (Wildman–Crippen LogP) is 4.93. The van der Waals surface area contributed by atoms with Crippen molar-refractivity contribution >= 4 is 29.3 Å². The summed E-state index contributed by atoms with van der Waals surface area (Å²) in [5.74, 6) is -0.592. The van der Waals surface area contributed by atoms with E-state index in [9.17, 15) is 9.18 Å². The SMILES string of the molecule is Cc1ccccc1NC(=O)C=Cc1c(C)nn(-c2ccc(F)cc2)c1Cl. The van der Waals surface area contributed by atoms with Gasteiger partial charge in [0.15, 0.2) is 0 Å². The number of carbonyl (C=O) groups excluding carboxylic acids is 1. The van der Waals surface area contributed by atoms with Gasteiger partial charge >= 0.3 is 0 Å². The molecular formula is C20H17ClFN3O. The lowest BCUT2D eigenvalue weighted by Gasteiger charge is -2.05. The number of benzene rings is 2. The van der Waals surface area contributed by atoms with Crippen molar-refractivity contribution < 1.29 is 9.18 Å². The second-order valence-corrected chi connectivity index (χ2v) is 6.17. The first kappa shape index (κ1) is 17.9. The number of rotatable bonds is 4. The van der Waals surface area contributed by atoms with Crippen molar-refractivity contribution in [1.29, 1.82) is 0 Å². The first-order valence-electron chi connectivity index (χ1n) is 8.01. The Morgan fingerprint density at radius 1 is 1.15 bits per heavy atom.